The first kappa shape index (κ1) is 27.1. The number of pyridine rings is 1. The molecule has 8 nitrogen and oxygen atoms in total. The number of phenols is 1. The van der Waals surface area contributed by atoms with E-state index in [4.69, 9.17) is 4.65 Å². The smallest absolute Gasteiger partial charge is 0.455 e. The third-order valence-corrected chi connectivity index (χ3v) is 8.45. The SMILES string of the molecule is O=C1[C@@H]2[C@@H](CC(CO)=C3[C@@H](CC/C(=C/c4ccccc4O)c4ccccn4)OB(O)C[C@@H]32)C(=O)N1c1ccccc1. The number of para-hydroxylation sites is 2. The van der Waals surface area contributed by atoms with Gasteiger partial charge < -0.3 is 19.9 Å². The second-order valence-corrected chi connectivity index (χ2v) is 10.8. The van der Waals surface area contributed by atoms with Gasteiger partial charge in [-0.1, -0.05) is 42.5 Å². The molecule has 0 spiro atoms. The zero-order chi connectivity index (χ0) is 28.5. The van der Waals surface area contributed by atoms with Crippen molar-refractivity contribution in [2.24, 2.45) is 17.8 Å². The summed E-state index contributed by atoms with van der Waals surface area (Å²) in [7, 11) is -1.11. The molecule has 2 saturated heterocycles. The number of allylic oxidation sites excluding steroid dienone is 1. The Balaban J connectivity index is 1.32. The Morgan fingerprint density at radius 2 is 1.76 bits per heavy atom. The van der Waals surface area contributed by atoms with Crippen LogP contribution >= 0.6 is 0 Å². The zero-order valence-electron chi connectivity index (χ0n) is 22.5. The molecule has 1 aliphatic carbocycles. The first-order valence-electron chi connectivity index (χ1n) is 13.9. The predicted octanol–water partition coefficient (Wildman–Crippen LogP) is 4.10. The van der Waals surface area contributed by atoms with Crippen molar-refractivity contribution in [2.45, 2.75) is 31.7 Å². The highest BCUT2D eigenvalue weighted by Gasteiger charge is 2.57. The van der Waals surface area contributed by atoms with Crippen LogP contribution < -0.4 is 4.90 Å². The standard InChI is InChI=1S/C32H31BN2O6/c36-19-22-17-24-30(32(39)35(31(24)38)23-9-2-1-3-10-23)25-18-33(40)41-28(29(22)25)14-13-20(26-11-6-7-15-34-26)16-21-8-4-5-12-27(21)37/h1-12,15-16,24-25,28,30,36-37,40H,13-14,17-19H2/b20-16-/t24-,25+,28-,30-/m1/s1. The summed E-state index contributed by atoms with van der Waals surface area (Å²) >= 11 is 0. The Kier molecular flexibility index (Phi) is 7.58. The second-order valence-electron chi connectivity index (χ2n) is 10.8. The van der Waals surface area contributed by atoms with Crippen molar-refractivity contribution < 1.29 is 29.5 Å². The lowest BCUT2D eigenvalue weighted by molar-refractivity contribution is -0.122. The fraction of sp³-hybridized carbons (Fsp3) is 0.281. The fourth-order valence-electron chi connectivity index (χ4n) is 6.65. The van der Waals surface area contributed by atoms with Gasteiger partial charge in [0.15, 0.2) is 0 Å². The van der Waals surface area contributed by atoms with Crippen LogP contribution in [0.3, 0.4) is 0 Å². The van der Waals surface area contributed by atoms with Crippen LogP contribution in [0.15, 0.2) is 90.1 Å². The number of rotatable bonds is 7. The van der Waals surface area contributed by atoms with Crippen molar-refractivity contribution in [3.05, 3.63) is 101 Å². The lowest BCUT2D eigenvalue weighted by Crippen LogP contribution is -2.46. The zero-order valence-corrected chi connectivity index (χ0v) is 22.5. The van der Waals surface area contributed by atoms with Gasteiger partial charge >= 0.3 is 7.12 Å². The van der Waals surface area contributed by atoms with Gasteiger partial charge in [0.25, 0.3) is 0 Å². The van der Waals surface area contributed by atoms with Crippen molar-refractivity contribution in [3.63, 3.8) is 0 Å². The summed E-state index contributed by atoms with van der Waals surface area (Å²) in [4.78, 5) is 33.0. The molecule has 0 saturated carbocycles. The van der Waals surface area contributed by atoms with Crippen LogP contribution in [-0.2, 0) is 14.2 Å². The van der Waals surface area contributed by atoms with E-state index in [-0.39, 0.29) is 36.9 Å². The van der Waals surface area contributed by atoms with Gasteiger partial charge in [0.1, 0.15) is 5.75 Å². The number of carbonyl (C=O) groups is 2. The quantitative estimate of drug-likeness (QED) is 0.230. The Hall–Kier alpha value is -4.05. The van der Waals surface area contributed by atoms with Crippen molar-refractivity contribution in [2.75, 3.05) is 11.5 Å². The van der Waals surface area contributed by atoms with Gasteiger partial charge in [-0.05, 0) is 84.6 Å². The highest BCUT2D eigenvalue weighted by molar-refractivity contribution is 6.43. The third-order valence-electron chi connectivity index (χ3n) is 8.45. The molecule has 6 rings (SSSR count). The fourth-order valence-corrected chi connectivity index (χ4v) is 6.65. The molecule has 4 atom stereocenters. The average molecular weight is 550 g/mol. The molecule has 3 aromatic rings. The van der Waals surface area contributed by atoms with Gasteiger partial charge in [-0.3, -0.25) is 19.5 Å². The number of aromatic hydroxyl groups is 1. The highest BCUT2D eigenvalue weighted by atomic mass is 16.5. The molecule has 3 aliphatic rings. The molecule has 0 radical (unpaired) electrons. The Labute approximate surface area is 238 Å². The summed E-state index contributed by atoms with van der Waals surface area (Å²) in [6, 6.07) is 21.6. The first-order valence-corrected chi connectivity index (χ1v) is 13.9. The number of phenolic OH excluding ortho intramolecular Hbond substituents is 1. The highest BCUT2D eigenvalue weighted by Crippen LogP contribution is 2.51. The molecule has 2 aromatic carbocycles. The third kappa shape index (κ3) is 5.12. The number of aromatic nitrogens is 1. The molecule has 2 amide bonds. The average Bonchev–Trinajstić information content (AvgIpc) is 3.25. The normalized spacial score (nSPS) is 24.5. The van der Waals surface area contributed by atoms with E-state index in [2.05, 4.69) is 4.98 Å². The summed E-state index contributed by atoms with van der Waals surface area (Å²) in [5.74, 6) is -2.02. The summed E-state index contributed by atoms with van der Waals surface area (Å²) in [5, 5.41) is 31.6. The number of hydrogen-bond acceptors (Lipinski definition) is 7. The van der Waals surface area contributed by atoms with Crippen molar-refractivity contribution in [3.8, 4) is 5.75 Å². The number of aliphatic hydroxyl groups is 1. The summed E-state index contributed by atoms with van der Waals surface area (Å²) < 4.78 is 6.05. The van der Waals surface area contributed by atoms with E-state index in [1.54, 1.807) is 42.6 Å². The number of fused-ring (bicyclic) bond motifs is 3. The summed E-state index contributed by atoms with van der Waals surface area (Å²) in [6.45, 7) is -0.251. The molecule has 41 heavy (non-hydrogen) atoms. The molecule has 0 unspecified atom stereocenters. The minimum Gasteiger partial charge on any atom is -0.507 e. The van der Waals surface area contributed by atoms with Crippen LogP contribution in [0.5, 0.6) is 5.75 Å². The van der Waals surface area contributed by atoms with Crippen molar-refractivity contribution in [1.82, 2.24) is 4.98 Å². The van der Waals surface area contributed by atoms with E-state index in [0.717, 1.165) is 16.8 Å². The molecule has 208 valence electrons. The molecular weight excluding hydrogens is 519 g/mol. The second kappa shape index (κ2) is 11.4. The molecule has 9 heteroatoms. The monoisotopic (exact) mass is 550 g/mol. The van der Waals surface area contributed by atoms with Crippen LogP contribution in [0.25, 0.3) is 11.6 Å². The lowest BCUT2D eigenvalue weighted by Gasteiger charge is -2.42. The number of anilines is 1. The van der Waals surface area contributed by atoms with Crippen LogP contribution in [0.2, 0.25) is 6.32 Å². The van der Waals surface area contributed by atoms with E-state index in [9.17, 15) is 24.8 Å². The van der Waals surface area contributed by atoms with E-state index in [0.29, 0.717) is 29.7 Å². The van der Waals surface area contributed by atoms with Gasteiger partial charge in [0.05, 0.1) is 35.9 Å². The molecule has 0 bridgehead atoms. The largest absolute Gasteiger partial charge is 0.507 e. The topological polar surface area (TPSA) is 120 Å². The predicted molar refractivity (Wildman–Crippen MR) is 155 cm³/mol. The Morgan fingerprint density at radius 1 is 1.00 bits per heavy atom. The number of amides is 2. The maximum atomic E-state index is 13.8. The Morgan fingerprint density at radius 3 is 2.49 bits per heavy atom. The number of imide groups is 1. The number of hydrogen-bond donors (Lipinski definition) is 3. The molecular formula is C32H31BN2O6. The van der Waals surface area contributed by atoms with E-state index in [1.807, 2.05) is 42.5 Å². The minimum absolute atomic E-state index is 0.154. The Bertz CT molecular complexity index is 1510. The van der Waals surface area contributed by atoms with Gasteiger partial charge in [-0.2, -0.15) is 0 Å². The molecule has 2 aliphatic heterocycles. The van der Waals surface area contributed by atoms with Gasteiger partial charge in [-0.15, -0.1) is 0 Å². The van der Waals surface area contributed by atoms with Crippen molar-refractivity contribution >= 4 is 36.3 Å². The van der Waals surface area contributed by atoms with Gasteiger partial charge in [0.2, 0.25) is 11.8 Å². The van der Waals surface area contributed by atoms with Crippen molar-refractivity contribution in [1.29, 1.82) is 0 Å². The molecule has 3 heterocycles. The molecule has 3 N–H and O–H groups in total. The molecule has 2 fully saturated rings. The maximum Gasteiger partial charge on any atom is 0.455 e. The lowest BCUT2D eigenvalue weighted by atomic mass is 9.58. The number of benzene rings is 2. The van der Waals surface area contributed by atoms with Crippen LogP contribution in [0, 0.1) is 17.8 Å². The van der Waals surface area contributed by atoms with Crippen LogP contribution in [-0.4, -0.2) is 51.9 Å². The first-order chi connectivity index (χ1) is 20.0. The van der Waals surface area contributed by atoms with E-state index in [1.165, 1.54) is 4.90 Å². The number of aliphatic hydroxyl groups excluding tert-OH is 1. The molecule has 1 aromatic heterocycles. The van der Waals surface area contributed by atoms with Crippen LogP contribution in [0.1, 0.15) is 30.5 Å². The van der Waals surface area contributed by atoms with Crippen LogP contribution in [0.4, 0.5) is 5.69 Å². The maximum absolute atomic E-state index is 13.8. The van der Waals surface area contributed by atoms with E-state index < -0.39 is 31.0 Å². The number of carbonyl (C=O) groups excluding carboxylic acids is 2. The van der Waals surface area contributed by atoms with Gasteiger partial charge in [-0.25, -0.2) is 0 Å². The summed E-state index contributed by atoms with van der Waals surface area (Å²) in [6.07, 6.45) is 4.44. The van der Waals surface area contributed by atoms with E-state index >= 15 is 0 Å². The summed E-state index contributed by atoms with van der Waals surface area (Å²) in [5.41, 5.74) is 4.32. The van der Waals surface area contributed by atoms with Gasteiger partial charge in [0, 0.05) is 11.8 Å². The number of nitrogens with zero attached hydrogens (tertiary/aromatic N) is 2. The minimum atomic E-state index is -1.11.